The van der Waals surface area contributed by atoms with E-state index in [1.807, 2.05) is 30.3 Å². The minimum atomic E-state index is -0.426. The summed E-state index contributed by atoms with van der Waals surface area (Å²) in [4.78, 5) is 25.8. The highest BCUT2D eigenvalue weighted by molar-refractivity contribution is 7.99. The topological polar surface area (TPSA) is 49.4 Å². The van der Waals surface area contributed by atoms with Gasteiger partial charge in [-0.25, -0.2) is 0 Å². The number of benzene rings is 1. The highest BCUT2D eigenvalue weighted by Gasteiger charge is 2.32. The van der Waals surface area contributed by atoms with Crippen molar-refractivity contribution in [2.24, 2.45) is 0 Å². The maximum atomic E-state index is 12.4. The SMILES string of the molecule is CCSCCN1CC(=O)NC(Cc2ccccc2)C1=O. The first kappa shape index (κ1) is 14.9. The molecule has 2 amide bonds. The Morgan fingerprint density at radius 3 is 2.75 bits per heavy atom. The van der Waals surface area contributed by atoms with Crippen LogP contribution in [0.3, 0.4) is 0 Å². The van der Waals surface area contributed by atoms with Gasteiger partial charge in [-0.1, -0.05) is 37.3 Å². The van der Waals surface area contributed by atoms with Gasteiger partial charge >= 0.3 is 0 Å². The molecule has 0 saturated carbocycles. The smallest absolute Gasteiger partial charge is 0.245 e. The Hall–Kier alpha value is -1.49. The lowest BCUT2D eigenvalue weighted by molar-refractivity contribution is -0.143. The molecule has 1 atom stereocenters. The maximum Gasteiger partial charge on any atom is 0.245 e. The molecular weight excluding hydrogens is 272 g/mol. The first-order valence-corrected chi connectivity index (χ1v) is 8.06. The van der Waals surface area contributed by atoms with Crippen LogP contribution >= 0.6 is 11.8 Å². The summed E-state index contributed by atoms with van der Waals surface area (Å²) in [6.07, 6.45) is 0.558. The largest absolute Gasteiger partial charge is 0.342 e. The first-order chi connectivity index (χ1) is 9.70. The number of amides is 2. The van der Waals surface area contributed by atoms with E-state index in [4.69, 9.17) is 0 Å². The van der Waals surface area contributed by atoms with E-state index in [0.29, 0.717) is 13.0 Å². The summed E-state index contributed by atoms with van der Waals surface area (Å²) in [5.41, 5.74) is 1.07. The Balaban J connectivity index is 1.97. The molecule has 1 N–H and O–H groups in total. The molecule has 4 nitrogen and oxygen atoms in total. The van der Waals surface area contributed by atoms with Crippen LogP contribution < -0.4 is 5.32 Å². The number of carbonyl (C=O) groups is 2. The molecule has 1 aliphatic heterocycles. The molecule has 0 aromatic heterocycles. The van der Waals surface area contributed by atoms with Crippen molar-refractivity contribution in [3.8, 4) is 0 Å². The summed E-state index contributed by atoms with van der Waals surface area (Å²) < 4.78 is 0. The molecule has 108 valence electrons. The average Bonchev–Trinajstić information content (AvgIpc) is 2.45. The number of hydrogen-bond acceptors (Lipinski definition) is 3. The third kappa shape index (κ3) is 4.00. The predicted molar refractivity (Wildman–Crippen MR) is 81.7 cm³/mol. The Morgan fingerprint density at radius 2 is 2.05 bits per heavy atom. The zero-order valence-electron chi connectivity index (χ0n) is 11.7. The van der Waals surface area contributed by atoms with Gasteiger partial charge in [0, 0.05) is 18.7 Å². The van der Waals surface area contributed by atoms with Crippen molar-refractivity contribution in [3.05, 3.63) is 35.9 Å². The fourth-order valence-corrected chi connectivity index (χ4v) is 2.91. The number of carbonyl (C=O) groups excluding carboxylic acids is 2. The van der Waals surface area contributed by atoms with Gasteiger partial charge in [-0.3, -0.25) is 9.59 Å². The normalized spacial score (nSPS) is 19.1. The molecule has 0 bridgehead atoms. The van der Waals surface area contributed by atoms with Gasteiger partial charge in [-0.05, 0) is 11.3 Å². The summed E-state index contributed by atoms with van der Waals surface area (Å²) in [5.74, 6) is 1.88. The average molecular weight is 292 g/mol. The molecule has 1 saturated heterocycles. The summed E-state index contributed by atoms with van der Waals surface area (Å²) in [6.45, 7) is 2.93. The molecule has 1 heterocycles. The highest BCUT2D eigenvalue weighted by Crippen LogP contribution is 2.10. The van der Waals surface area contributed by atoms with Gasteiger partial charge < -0.3 is 10.2 Å². The van der Waals surface area contributed by atoms with E-state index in [2.05, 4.69) is 12.2 Å². The molecule has 1 fully saturated rings. The van der Waals surface area contributed by atoms with Crippen molar-refractivity contribution in [1.82, 2.24) is 10.2 Å². The van der Waals surface area contributed by atoms with Crippen molar-refractivity contribution >= 4 is 23.6 Å². The second-order valence-corrected chi connectivity index (χ2v) is 6.16. The first-order valence-electron chi connectivity index (χ1n) is 6.90. The van der Waals surface area contributed by atoms with E-state index in [-0.39, 0.29) is 18.4 Å². The Morgan fingerprint density at radius 1 is 1.30 bits per heavy atom. The number of thioether (sulfide) groups is 1. The monoisotopic (exact) mass is 292 g/mol. The van der Waals surface area contributed by atoms with Crippen LogP contribution in [0.1, 0.15) is 12.5 Å². The fourth-order valence-electron chi connectivity index (χ4n) is 2.27. The molecule has 0 radical (unpaired) electrons. The molecule has 1 aromatic carbocycles. The van der Waals surface area contributed by atoms with Crippen LogP contribution in [0.2, 0.25) is 0 Å². The Kier molecular flexibility index (Phi) is 5.47. The van der Waals surface area contributed by atoms with Crippen molar-refractivity contribution in [3.63, 3.8) is 0 Å². The number of piperazine rings is 1. The van der Waals surface area contributed by atoms with E-state index in [9.17, 15) is 9.59 Å². The van der Waals surface area contributed by atoms with Crippen molar-refractivity contribution < 1.29 is 9.59 Å². The van der Waals surface area contributed by atoms with Gasteiger partial charge in [0.05, 0.1) is 6.54 Å². The quantitative estimate of drug-likeness (QED) is 0.804. The fraction of sp³-hybridized carbons (Fsp3) is 0.467. The molecule has 1 unspecified atom stereocenters. The summed E-state index contributed by atoms with van der Waals surface area (Å²) in [6, 6.07) is 9.36. The van der Waals surface area contributed by atoms with Crippen LogP contribution in [0.15, 0.2) is 30.3 Å². The Bertz CT molecular complexity index is 464. The summed E-state index contributed by atoms with van der Waals surface area (Å²) in [7, 11) is 0. The number of nitrogens with one attached hydrogen (secondary N) is 1. The minimum absolute atomic E-state index is 0.0326. The zero-order valence-corrected chi connectivity index (χ0v) is 12.5. The second-order valence-electron chi connectivity index (χ2n) is 4.77. The zero-order chi connectivity index (χ0) is 14.4. The molecule has 1 aromatic rings. The third-order valence-corrected chi connectivity index (χ3v) is 4.15. The van der Waals surface area contributed by atoms with Gasteiger partial charge in [-0.2, -0.15) is 11.8 Å². The van der Waals surface area contributed by atoms with Crippen LogP contribution in [0, 0.1) is 0 Å². The molecule has 0 aliphatic carbocycles. The molecule has 20 heavy (non-hydrogen) atoms. The van der Waals surface area contributed by atoms with Crippen LogP contribution in [0.25, 0.3) is 0 Å². The number of hydrogen-bond donors (Lipinski definition) is 1. The molecule has 1 aliphatic rings. The van der Waals surface area contributed by atoms with Crippen LogP contribution in [-0.2, 0) is 16.0 Å². The minimum Gasteiger partial charge on any atom is -0.342 e. The van der Waals surface area contributed by atoms with E-state index < -0.39 is 6.04 Å². The lowest BCUT2D eigenvalue weighted by Crippen LogP contribution is -2.59. The second kappa shape index (κ2) is 7.33. The summed E-state index contributed by atoms with van der Waals surface area (Å²) in [5, 5.41) is 2.80. The predicted octanol–water partition coefficient (Wildman–Crippen LogP) is 1.31. The van der Waals surface area contributed by atoms with Crippen molar-refractivity contribution in [1.29, 1.82) is 0 Å². The molecule has 5 heteroatoms. The van der Waals surface area contributed by atoms with Crippen molar-refractivity contribution in [2.75, 3.05) is 24.6 Å². The number of nitrogens with zero attached hydrogens (tertiary/aromatic N) is 1. The van der Waals surface area contributed by atoms with Gasteiger partial charge in [0.1, 0.15) is 6.04 Å². The maximum absolute atomic E-state index is 12.4. The van der Waals surface area contributed by atoms with Gasteiger partial charge in [0.15, 0.2) is 0 Å². The van der Waals surface area contributed by atoms with E-state index in [1.165, 1.54) is 0 Å². The van der Waals surface area contributed by atoms with E-state index in [0.717, 1.165) is 17.1 Å². The lowest BCUT2D eigenvalue weighted by atomic mass is 10.0. The van der Waals surface area contributed by atoms with Crippen LogP contribution in [0.5, 0.6) is 0 Å². The third-order valence-electron chi connectivity index (χ3n) is 3.27. The van der Waals surface area contributed by atoms with E-state index >= 15 is 0 Å². The standard InChI is InChI=1S/C15H20N2O2S/c1-2-20-9-8-17-11-14(18)16-13(15(17)19)10-12-6-4-3-5-7-12/h3-7,13H,2,8-11H2,1H3,(H,16,18). The van der Waals surface area contributed by atoms with Gasteiger partial charge in [-0.15, -0.1) is 0 Å². The van der Waals surface area contributed by atoms with E-state index in [1.54, 1.807) is 16.7 Å². The molecular formula is C15H20N2O2S. The van der Waals surface area contributed by atoms with Gasteiger partial charge in [0.25, 0.3) is 0 Å². The highest BCUT2D eigenvalue weighted by atomic mass is 32.2. The van der Waals surface area contributed by atoms with Crippen molar-refractivity contribution in [2.45, 2.75) is 19.4 Å². The lowest BCUT2D eigenvalue weighted by Gasteiger charge is -2.32. The molecule has 2 rings (SSSR count). The molecule has 0 spiro atoms. The van der Waals surface area contributed by atoms with Gasteiger partial charge in [0.2, 0.25) is 11.8 Å². The van der Waals surface area contributed by atoms with Crippen LogP contribution in [-0.4, -0.2) is 47.4 Å². The number of rotatable bonds is 6. The summed E-state index contributed by atoms with van der Waals surface area (Å²) >= 11 is 1.78. The Labute approximate surface area is 123 Å². The van der Waals surface area contributed by atoms with Crippen LogP contribution in [0.4, 0.5) is 0 Å².